The van der Waals surface area contributed by atoms with Crippen molar-refractivity contribution >= 4 is 58.3 Å². The molecular formula is C76H118N2O17S2. The number of carboxylic acid groups (broad SMARTS) is 1. The Labute approximate surface area is 587 Å². The van der Waals surface area contributed by atoms with E-state index in [0.717, 1.165) is 69.1 Å². The lowest BCUT2D eigenvalue weighted by atomic mass is 9.82. The lowest BCUT2D eigenvalue weighted by molar-refractivity contribution is -0.185. The van der Waals surface area contributed by atoms with Gasteiger partial charge in [-0.05, 0) is 133 Å². The van der Waals surface area contributed by atoms with E-state index in [1.165, 1.54) is 104 Å². The minimum atomic E-state index is -2.47. The highest BCUT2D eigenvalue weighted by Crippen LogP contribution is 2.30. The molecule has 0 radical (unpaired) electrons. The van der Waals surface area contributed by atoms with Crippen LogP contribution in [0.3, 0.4) is 0 Å². The summed E-state index contributed by atoms with van der Waals surface area (Å²) in [6, 6.07) is 11.8. The zero-order valence-corrected chi connectivity index (χ0v) is 61.9. The number of hydrogen-bond donors (Lipinski definition) is 5. The van der Waals surface area contributed by atoms with Crippen molar-refractivity contribution in [1.82, 2.24) is 10.6 Å². The molecule has 0 spiro atoms. The third kappa shape index (κ3) is 39.3. The van der Waals surface area contributed by atoms with Crippen LogP contribution in [0.25, 0.3) is 0 Å². The van der Waals surface area contributed by atoms with E-state index >= 15 is 0 Å². The van der Waals surface area contributed by atoms with E-state index in [9.17, 15) is 48.3 Å². The first-order valence-electron chi connectivity index (χ1n) is 34.7. The van der Waals surface area contributed by atoms with Gasteiger partial charge in [-0.25, -0.2) is 19.2 Å². The van der Waals surface area contributed by atoms with Crippen molar-refractivity contribution in [2.45, 2.75) is 231 Å². The molecule has 7 atom stereocenters. The molecule has 0 aliphatic heterocycles. The van der Waals surface area contributed by atoms with E-state index < -0.39 is 87.2 Å². The molecule has 0 bridgehead atoms. The van der Waals surface area contributed by atoms with Crippen LogP contribution < -0.4 is 20.1 Å². The van der Waals surface area contributed by atoms with Crippen LogP contribution in [0.1, 0.15) is 201 Å². The lowest BCUT2D eigenvalue weighted by Crippen LogP contribution is -2.56. The molecule has 0 saturated carbocycles. The Bertz CT molecular complexity index is 2750. The highest BCUT2D eigenvalue weighted by molar-refractivity contribution is 7.99. The minimum absolute atomic E-state index is 0.00278. The van der Waals surface area contributed by atoms with Gasteiger partial charge in [-0.1, -0.05) is 151 Å². The number of nitrogens with one attached hydrogen (secondary N) is 2. The van der Waals surface area contributed by atoms with Gasteiger partial charge in [-0.3, -0.25) is 13.8 Å². The number of benzene rings is 2. The van der Waals surface area contributed by atoms with Crippen molar-refractivity contribution in [3.8, 4) is 35.2 Å². The van der Waals surface area contributed by atoms with Gasteiger partial charge in [0.1, 0.15) is 42.4 Å². The summed E-state index contributed by atoms with van der Waals surface area (Å²) in [6.45, 7) is 13.3. The molecule has 97 heavy (non-hydrogen) atoms. The maximum atomic E-state index is 14.0. The Kier molecular flexibility index (Phi) is 49.2. The lowest BCUT2D eigenvalue weighted by Gasteiger charge is -2.35. The topological polar surface area (TPSA) is 269 Å². The van der Waals surface area contributed by atoms with Crippen LogP contribution in [0.2, 0.25) is 0 Å². The maximum absolute atomic E-state index is 14.0. The first-order valence-corrected chi connectivity index (χ1v) is 37.3. The number of thioether (sulfide) groups is 1. The second kappa shape index (κ2) is 53.7. The van der Waals surface area contributed by atoms with Crippen molar-refractivity contribution < 1.29 is 81.5 Å². The van der Waals surface area contributed by atoms with E-state index in [-0.39, 0.29) is 52.1 Å². The second-order valence-electron chi connectivity index (χ2n) is 24.9. The number of aliphatic hydroxyl groups is 2. The zero-order valence-electron chi connectivity index (χ0n) is 60.2. The molecule has 2 rings (SSSR count). The third-order valence-electron chi connectivity index (χ3n) is 15.8. The van der Waals surface area contributed by atoms with Crippen LogP contribution >= 0.6 is 11.8 Å². The molecule has 546 valence electrons. The molecule has 21 heteroatoms. The second-order valence-corrected chi connectivity index (χ2v) is 27.9. The molecule has 5 N–H and O–H groups in total. The van der Waals surface area contributed by atoms with Crippen LogP contribution in [-0.2, 0) is 76.1 Å². The number of aliphatic carboxylic acids is 1. The maximum Gasteiger partial charge on any atom is 0.339 e. The fraction of sp³-hybridized carbons (Fsp3) is 0.658. The molecule has 0 saturated heterocycles. The first kappa shape index (κ1) is 88.8. The minimum Gasteiger partial charge on any atom is -0.481 e. The summed E-state index contributed by atoms with van der Waals surface area (Å²) in [4.78, 5) is 78.9. The van der Waals surface area contributed by atoms with Crippen molar-refractivity contribution in [3.05, 3.63) is 84.0 Å². The fourth-order valence-corrected chi connectivity index (χ4v) is 12.4. The number of carboxylic acids is 1. The number of hydrogen-bond acceptors (Lipinski definition) is 17. The molecule has 2 aromatic carbocycles. The molecular weight excluding hydrogens is 1280 g/mol. The predicted octanol–water partition coefficient (Wildman–Crippen LogP) is 12.2. The quantitative estimate of drug-likeness (QED) is 0.0135. The van der Waals surface area contributed by atoms with Gasteiger partial charge in [0.15, 0.2) is 11.2 Å². The highest BCUT2D eigenvalue weighted by atomic mass is 32.2. The predicted molar refractivity (Wildman–Crippen MR) is 387 cm³/mol. The molecule has 0 aliphatic carbocycles. The highest BCUT2D eigenvalue weighted by Gasteiger charge is 2.50. The summed E-state index contributed by atoms with van der Waals surface area (Å²) in [6.07, 6.45) is 27.4. The molecule has 0 aliphatic rings. The van der Waals surface area contributed by atoms with Gasteiger partial charge in [0.05, 0.1) is 26.1 Å². The van der Waals surface area contributed by atoms with E-state index in [1.807, 2.05) is 17.8 Å². The monoisotopic (exact) mass is 1390 g/mol. The summed E-state index contributed by atoms with van der Waals surface area (Å²) < 4.78 is 49.1. The van der Waals surface area contributed by atoms with E-state index in [2.05, 4.69) is 48.2 Å². The molecule has 0 fully saturated rings. The number of esters is 3. The van der Waals surface area contributed by atoms with E-state index in [4.69, 9.17) is 33.2 Å². The average molecular weight is 1400 g/mol. The van der Waals surface area contributed by atoms with Gasteiger partial charge in [-0.15, -0.1) is 11.8 Å². The van der Waals surface area contributed by atoms with Gasteiger partial charge < -0.3 is 59.1 Å². The van der Waals surface area contributed by atoms with Crippen molar-refractivity contribution in [3.63, 3.8) is 0 Å². The van der Waals surface area contributed by atoms with Gasteiger partial charge in [-0.2, -0.15) is 11.8 Å². The van der Waals surface area contributed by atoms with Crippen molar-refractivity contribution in [2.24, 2.45) is 11.8 Å². The molecule has 2 amide bonds. The van der Waals surface area contributed by atoms with Gasteiger partial charge in [0, 0.05) is 75.4 Å². The number of ether oxygens (including phenoxy) is 7. The zero-order chi connectivity index (χ0) is 72.2. The number of carbonyl (C=O) groups excluding carboxylic acids is 5. The molecule has 2 aromatic rings. The van der Waals surface area contributed by atoms with Gasteiger partial charge in [0.25, 0.3) is 0 Å². The normalized spacial score (nSPS) is 14.1. The van der Waals surface area contributed by atoms with E-state index in [1.54, 1.807) is 95.3 Å². The Morgan fingerprint density at radius 1 is 0.557 bits per heavy atom. The SMILES string of the molecule is CC#CCOc1ccc(C[C@H](NC(=O)[C@@H](/C=C/CCCCCCS(=O)CCCCCCC)[C@@](O)(CCOC)C(=O)O)C(=O)OC)cc1.CC#CCOc1ccc(C[C@H](NC(=O)[C@@H](/C=C/CCCCCCSCCCCCCC)[C@@](O)(CCOC)C(=O)OC(C)(C)C)C(=O)OC)cc1. The molecule has 19 nitrogen and oxygen atoms in total. The summed E-state index contributed by atoms with van der Waals surface area (Å²) in [5.41, 5.74) is -4.19. The van der Waals surface area contributed by atoms with Crippen LogP contribution in [0, 0.1) is 35.5 Å². The smallest absolute Gasteiger partial charge is 0.339 e. The summed E-state index contributed by atoms with van der Waals surface area (Å²) in [7, 11) is 4.48. The Morgan fingerprint density at radius 2 is 0.938 bits per heavy atom. The largest absolute Gasteiger partial charge is 0.481 e. The average Bonchev–Trinajstić information content (AvgIpc) is 0.805. The van der Waals surface area contributed by atoms with Crippen LogP contribution in [-0.4, -0.2) is 162 Å². The number of carbonyl (C=O) groups is 6. The first-order chi connectivity index (χ1) is 46.5. The van der Waals surface area contributed by atoms with E-state index in [0.29, 0.717) is 35.7 Å². The molecule has 0 aromatic heterocycles. The molecule has 1 unspecified atom stereocenters. The summed E-state index contributed by atoms with van der Waals surface area (Å²) in [5, 5.41) is 38.5. The number of allylic oxidation sites excluding steroid dienone is 2. The number of unbranched alkanes of at least 4 members (excludes halogenated alkanes) is 16. The standard InChI is InChI=1S/C40H63NO8S.C36H55NO9S/c1-8-10-12-16-19-29-50-30-20-17-14-13-15-18-21-34(40(45,26-28-46-6)38(44)49-39(3,4)5)36(42)41-35(37(43)47-7)31-32-22-24-33(25-23-32)48-27-11-9-2;1-5-7-9-13-16-26-47(43)27-17-14-11-10-12-15-18-31(36(42,35(40)41)23-25-44-3)33(38)37-32(34(39)45-4)28-29-19-21-30(22-20-29)46-24-8-6-2/h18,21-25,34-35,45H,8,10,12-17,19-20,26-31H2,1-7H3,(H,41,42);15,18-22,31-32,42H,5,7,9-14,16-17,23-28H2,1-4H3,(H,37,38)(H,40,41)/b21-18+;18-15+/t34-,35+,40+;31-,32+,36+,47?/m11/s1. The summed E-state index contributed by atoms with van der Waals surface area (Å²) in [5.74, 6) is 7.96. The fourth-order valence-electron chi connectivity index (χ4n) is 10.1. The molecule has 0 heterocycles. The summed E-state index contributed by atoms with van der Waals surface area (Å²) >= 11 is 2.03. The number of methoxy groups -OCH3 is 4. The third-order valence-corrected chi connectivity index (χ3v) is 18.5. The van der Waals surface area contributed by atoms with Crippen LogP contribution in [0.4, 0.5) is 0 Å². The van der Waals surface area contributed by atoms with Crippen molar-refractivity contribution in [1.29, 1.82) is 0 Å². The Hall–Kier alpha value is -6.20. The van der Waals surface area contributed by atoms with Crippen LogP contribution in [0.5, 0.6) is 11.5 Å². The Balaban J connectivity index is 0.000000972. The van der Waals surface area contributed by atoms with Gasteiger partial charge >= 0.3 is 23.9 Å². The number of amides is 2. The van der Waals surface area contributed by atoms with Crippen LogP contribution in [0.15, 0.2) is 72.8 Å². The number of rotatable bonds is 52. The van der Waals surface area contributed by atoms with Gasteiger partial charge in [0.2, 0.25) is 11.8 Å². The van der Waals surface area contributed by atoms with Crippen molar-refractivity contribution in [2.75, 3.05) is 77.9 Å². The Morgan fingerprint density at radius 3 is 1.31 bits per heavy atom.